The zero-order valence-corrected chi connectivity index (χ0v) is 11.8. The number of aryl methyl sites for hydroxylation is 2. The van der Waals surface area contributed by atoms with E-state index < -0.39 is 12.0 Å². The van der Waals surface area contributed by atoms with Crippen molar-refractivity contribution in [3.05, 3.63) is 17.0 Å². The van der Waals surface area contributed by atoms with Crippen LogP contribution in [0.4, 0.5) is 0 Å². The molecular formula is C13H20N4O3. The van der Waals surface area contributed by atoms with E-state index in [-0.39, 0.29) is 12.5 Å². The fraction of sp³-hybridized carbons (Fsp3) is 0.615. The van der Waals surface area contributed by atoms with Crippen LogP contribution in [0.5, 0.6) is 0 Å². The Kier molecular flexibility index (Phi) is 4.39. The second-order valence-electron chi connectivity index (χ2n) is 5.10. The number of aromatic nitrogens is 2. The molecule has 1 fully saturated rings. The summed E-state index contributed by atoms with van der Waals surface area (Å²) in [5, 5.41) is 18.9. The summed E-state index contributed by atoms with van der Waals surface area (Å²) >= 11 is 0. The average molecular weight is 280 g/mol. The van der Waals surface area contributed by atoms with Crippen LogP contribution in [0.25, 0.3) is 0 Å². The van der Waals surface area contributed by atoms with Crippen molar-refractivity contribution >= 4 is 11.9 Å². The van der Waals surface area contributed by atoms with E-state index in [1.54, 1.807) is 4.90 Å². The van der Waals surface area contributed by atoms with Crippen molar-refractivity contribution in [2.45, 2.75) is 32.7 Å². The molecule has 110 valence electrons. The Morgan fingerprint density at radius 2 is 2.20 bits per heavy atom. The molecule has 1 saturated heterocycles. The Morgan fingerprint density at radius 3 is 2.80 bits per heavy atom. The maximum absolute atomic E-state index is 12.2. The molecule has 0 radical (unpaired) electrons. The monoisotopic (exact) mass is 280 g/mol. The van der Waals surface area contributed by atoms with Crippen molar-refractivity contribution in [3.8, 4) is 0 Å². The van der Waals surface area contributed by atoms with Gasteiger partial charge < -0.3 is 15.3 Å². The van der Waals surface area contributed by atoms with Crippen molar-refractivity contribution in [1.29, 1.82) is 0 Å². The Hall–Kier alpha value is -1.89. The zero-order chi connectivity index (χ0) is 14.7. The molecule has 7 nitrogen and oxygen atoms in total. The first-order valence-electron chi connectivity index (χ1n) is 6.73. The lowest BCUT2D eigenvalue weighted by atomic mass is 10.1. The van der Waals surface area contributed by atoms with Crippen molar-refractivity contribution in [1.82, 2.24) is 20.4 Å². The molecule has 1 aromatic heterocycles. The molecular weight excluding hydrogens is 260 g/mol. The number of nitrogens with zero attached hydrogens (tertiary/aromatic N) is 2. The number of aliphatic carboxylic acids is 1. The van der Waals surface area contributed by atoms with Gasteiger partial charge in [-0.05, 0) is 25.8 Å². The topological polar surface area (TPSA) is 98.3 Å². The highest BCUT2D eigenvalue weighted by molar-refractivity contribution is 5.79. The molecule has 3 N–H and O–H groups in total. The number of H-pyrrole nitrogens is 1. The predicted octanol–water partition coefficient (Wildman–Crippen LogP) is -0.156. The molecule has 2 heterocycles. The second-order valence-corrected chi connectivity index (χ2v) is 5.10. The van der Waals surface area contributed by atoms with Crippen molar-refractivity contribution in [3.63, 3.8) is 0 Å². The molecule has 2 rings (SSSR count). The SMILES string of the molecule is Cc1n[nH]c(C)c1CCC(=O)N1CCN[C@H](C(=O)O)C1. The number of aromatic amines is 1. The van der Waals surface area contributed by atoms with Crippen LogP contribution in [0, 0.1) is 13.8 Å². The van der Waals surface area contributed by atoms with Gasteiger partial charge in [0.25, 0.3) is 0 Å². The number of carboxylic acids is 1. The van der Waals surface area contributed by atoms with E-state index in [9.17, 15) is 9.59 Å². The number of hydrogen-bond acceptors (Lipinski definition) is 4. The van der Waals surface area contributed by atoms with Gasteiger partial charge in [0.2, 0.25) is 5.91 Å². The van der Waals surface area contributed by atoms with Crippen LogP contribution in [0.15, 0.2) is 0 Å². The molecule has 20 heavy (non-hydrogen) atoms. The van der Waals surface area contributed by atoms with Gasteiger partial charge in [0.1, 0.15) is 6.04 Å². The van der Waals surface area contributed by atoms with Crippen LogP contribution in [-0.2, 0) is 16.0 Å². The third-order valence-electron chi connectivity index (χ3n) is 3.70. The minimum Gasteiger partial charge on any atom is -0.480 e. The molecule has 1 aromatic rings. The van der Waals surface area contributed by atoms with Gasteiger partial charge in [-0.2, -0.15) is 5.10 Å². The van der Waals surface area contributed by atoms with Gasteiger partial charge in [0, 0.05) is 31.7 Å². The fourth-order valence-electron chi connectivity index (χ4n) is 2.47. The van der Waals surface area contributed by atoms with E-state index in [4.69, 9.17) is 5.11 Å². The van der Waals surface area contributed by atoms with Gasteiger partial charge in [-0.25, -0.2) is 0 Å². The van der Waals surface area contributed by atoms with Crippen LogP contribution < -0.4 is 5.32 Å². The first-order chi connectivity index (χ1) is 9.49. The Balaban J connectivity index is 1.90. The summed E-state index contributed by atoms with van der Waals surface area (Å²) in [5.74, 6) is -0.915. The lowest BCUT2D eigenvalue weighted by Crippen LogP contribution is -2.55. The highest BCUT2D eigenvalue weighted by Gasteiger charge is 2.27. The van der Waals surface area contributed by atoms with E-state index in [0.717, 1.165) is 17.0 Å². The Morgan fingerprint density at radius 1 is 1.45 bits per heavy atom. The number of carboxylic acid groups (broad SMARTS) is 1. The molecule has 1 atom stereocenters. The lowest BCUT2D eigenvalue weighted by molar-refractivity contribution is -0.142. The minimum atomic E-state index is -0.913. The Bertz CT molecular complexity index is 492. The van der Waals surface area contributed by atoms with Gasteiger partial charge in [-0.15, -0.1) is 0 Å². The summed E-state index contributed by atoms with van der Waals surface area (Å²) in [4.78, 5) is 24.7. The summed E-state index contributed by atoms with van der Waals surface area (Å²) in [5.41, 5.74) is 2.97. The molecule has 0 bridgehead atoms. The second kappa shape index (κ2) is 6.04. The van der Waals surface area contributed by atoms with E-state index in [0.29, 0.717) is 25.9 Å². The molecule has 7 heteroatoms. The lowest BCUT2D eigenvalue weighted by Gasteiger charge is -2.31. The van der Waals surface area contributed by atoms with E-state index in [1.165, 1.54) is 0 Å². The molecule has 0 aliphatic carbocycles. The van der Waals surface area contributed by atoms with Crippen molar-refractivity contribution < 1.29 is 14.7 Å². The molecule has 0 saturated carbocycles. The fourth-order valence-corrected chi connectivity index (χ4v) is 2.47. The quantitative estimate of drug-likeness (QED) is 0.712. The highest BCUT2D eigenvalue weighted by Crippen LogP contribution is 2.13. The maximum atomic E-state index is 12.2. The van der Waals surface area contributed by atoms with Crippen LogP contribution in [0.1, 0.15) is 23.4 Å². The summed E-state index contributed by atoms with van der Waals surface area (Å²) in [6.07, 6.45) is 1.02. The van der Waals surface area contributed by atoms with Crippen molar-refractivity contribution in [2.75, 3.05) is 19.6 Å². The van der Waals surface area contributed by atoms with Crippen LogP contribution >= 0.6 is 0 Å². The number of carbonyl (C=O) groups excluding carboxylic acids is 1. The van der Waals surface area contributed by atoms with Crippen LogP contribution in [0.3, 0.4) is 0 Å². The molecule has 0 aromatic carbocycles. The molecule has 0 spiro atoms. The predicted molar refractivity (Wildman–Crippen MR) is 72.4 cm³/mol. The first kappa shape index (κ1) is 14.5. The average Bonchev–Trinajstić information content (AvgIpc) is 2.75. The highest BCUT2D eigenvalue weighted by atomic mass is 16.4. The Labute approximate surface area is 117 Å². The zero-order valence-electron chi connectivity index (χ0n) is 11.8. The molecule has 0 unspecified atom stereocenters. The molecule has 1 aliphatic heterocycles. The standard InChI is InChI=1S/C13H20N4O3/c1-8-10(9(2)16-15-8)3-4-12(18)17-6-5-14-11(7-17)13(19)20/h11,14H,3-7H2,1-2H3,(H,15,16)(H,19,20)/t11-/m0/s1. The number of piperazine rings is 1. The molecule has 1 aliphatic rings. The smallest absolute Gasteiger partial charge is 0.322 e. The third-order valence-corrected chi connectivity index (χ3v) is 3.70. The van der Waals surface area contributed by atoms with E-state index in [1.807, 2.05) is 13.8 Å². The van der Waals surface area contributed by atoms with Crippen LogP contribution in [0.2, 0.25) is 0 Å². The van der Waals surface area contributed by atoms with Gasteiger partial charge in [0.05, 0.1) is 5.69 Å². The normalized spacial score (nSPS) is 19.1. The molecule has 1 amide bonds. The number of carbonyl (C=O) groups is 2. The van der Waals surface area contributed by atoms with Gasteiger partial charge in [-0.1, -0.05) is 0 Å². The third kappa shape index (κ3) is 3.16. The van der Waals surface area contributed by atoms with Crippen LogP contribution in [-0.4, -0.2) is 57.8 Å². The number of nitrogens with one attached hydrogen (secondary N) is 2. The summed E-state index contributed by atoms with van der Waals surface area (Å²) < 4.78 is 0. The van der Waals surface area contributed by atoms with Gasteiger partial charge in [-0.3, -0.25) is 14.7 Å². The van der Waals surface area contributed by atoms with E-state index in [2.05, 4.69) is 15.5 Å². The summed E-state index contributed by atoms with van der Waals surface area (Å²) in [7, 11) is 0. The largest absolute Gasteiger partial charge is 0.480 e. The number of amides is 1. The maximum Gasteiger partial charge on any atom is 0.322 e. The van der Waals surface area contributed by atoms with Gasteiger partial charge in [0.15, 0.2) is 0 Å². The van der Waals surface area contributed by atoms with Gasteiger partial charge >= 0.3 is 5.97 Å². The van der Waals surface area contributed by atoms with E-state index >= 15 is 0 Å². The minimum absolute atomic E-state index is 0.00208. The number of rotatable bonds is 4. The van der Waals surface area contributed by atoms with Crippen molar-refractivity contribution in [2.24, 2.45) is 0 Å². The first-order valence-corrected chi connectivity index (χ1v) is 6.73. The summed E-state index contributed by atoms with van der Waals surface area (Å²) in [6.45, 7) is 5.16. The number of hydrogen-bond donors (Lipinski definition) is 3. The summed E-state index contributed by atoms with van der Waals surface area (Å²) in [6, 6.07) is -0.662.